The van der Waals surface area contributed by atoms with Gasteiger partial charge in [-0.1, -0.05) is 53.5 Å². The highest BCUT2D eigenvalue weighted by molar-refractivity contribution is 6.42. The van der Waals surface area contributed by atoms with Crippen molar-refractivity contribution in [2.75, 3.05) is 0 Å². The smallest absolute Gasteiger partial charge is 0.0868 e. The predicted octanol–water partition coefficient (Wildman–Crippen LogP) is 4.94. The number of hydrogen-bond donors (Lipinski definition) is 0. The second-order valence-electron chi connectivity index (χ2n) is 5.28. The van der Waals surface area contributed by atoms with Gasteiger partial charge in [0.25, 0.3) is 0 Å². The zero-order valence-corrected chi connectivity index (χ0v) is 12.4. The molecule has 0 aromatic heterocycles. The summed E-state index contributed by atoms with van der Waals surface area (Å²) in [5.41, 5.74) is 3.06. The third-order valence-corrected chi connectivity index (χ3v) is 4.80. The van der Waals surface area contributed by atoms with Crippen LogP contribution in [0.1, 0.15) is 23.1 Å². The summed E-state index contributed by atoms with van der Waals surface area (Å²) in [5, 5.41) is 10.8. The van der Waals surface area contributed by atoms with Gasteiger partial charge in [-0.05, 0) is 48.1 Å². The molecule has 3 heteroatoms. The van der Waals surface area contributed by atoms with Gasteiger partial charge in [0.15, 0.2) is 0 Å². The molecule has 1 atom stereocenters. The maximum Gasteiger partial charge on any atom is 0.0868 e. The Kier molecular flexibility index (Phi) is 3.46. The second kappa shape index (κ2) is 5.13. The molecule has 0 spiro atoms. The molecule has 1 unspecified atom stereocenters. The SMILES string of the molecule is N#CC1(Cc2ccc(Cl)c(Cl)c2)CCc2ccccc21. The Balaban J connectivity index is 2.00. The van der Waals surface area contributed by atoms with Crippen LogP contribution < -0.4 is 0 Å². The van der Waals surface area contributed by atoms with E-state index >= 15 is 0 Å². The average Bonchev–Trinajstić information content (AvgIpc) is 2.83. The molecule has 1 aliphatic rings. The molecule has 0 amide bonds. The van der Waals surface area contributed by atoms with E-state index < -0.39 is 5.41 Å². The van der Waals surface area contributed by atoms with Crippen molar-refractivity contribution in [2.45, 2.75) is 24.7 Å². The number of nitriles is 1. The Morgan fingerprint density at radius 1 is 1.10 bits per heavy atom. The summed E-state index contributed by atoms with van der Waals surface area (Å²) in [6.07, 6.45) is 2.51. The van der Waals surface area contributed by atoms with Crippen LogP contribution in [0.2, 0.25) is 10.0 Å². The van der Waals surface area contributed by atoms with Crippen LogP contribution in [0.4, 0.5) is 0 Å². The molecular weight excluding hydrogens is 289 g/mol. The molecule has 100 valence electrons. The molecular formula is C17H13Cl2N. The van der Waals surface area contributed by atoms with Crippen molar-refractivity contribution in [3.05, 3.63) is 69.2 Å². The Morgan fingerprint density at radius 3 is 2.65 bits per heavy atom. The lowest BCUT2D eigenvalue weighted by molar-refractivity contribution is 0.541. The van der Waals surface area contributed by atoms with Gasteiger partial charge in [-0.3, -0.25) is 0 Å². The fourth-order valence-electron chi connectivity index (χ4n) is 3.03. The molecule has 0 radical (unpaired) electrons. The molecule has 0 N–H and O–H groups in total. The van der Waals surface area contributed by atoms with E-state index in [0.29, 0.717) is 16.5 Å². The second-order valence-corrected chi connectivity index (χ2v) is 6.09. The molecule has 0 aliphatic heterocycles. The maximum atomic E-state index is 9.74. The van der Waals surface area contributed by atoms with Gasteiger partial charge in [0.1, 0.15) is 0 Å². The van der Waals surface area contributed by atoms with Crippen LogP contribution in [0, 0.1) is 11.3 Å². The van der Waals surface area contributed by atoms with Crippen LogP contribution in [-0.4, -0.2) is 0 Å². The number of nitrogens with zero attached hydrogens (tertiary/aromatic N) is 1. The van der Waals surface area contributed by atoms with Crippen molar-refractivity contribution in [3.63, 3.8) is 0 Å². The van der Waals surface area contributed by atoms with Crippen LogP contribution in [0.25, 0.3) is 0 Å². The number of hydrogen-bond acceptors (Lipinski definition) is 1. The first-order valence-corrected chi connectivity index (χ1v) is 7.34. The molecule has 0 bridgehead atoms. The minimum atomic E-state index is -0.437. The molecule has 0 saturated heterocycles. The Morgan fingerprint density at radius 2 is 1.90 bits per heavy atom. The van der Waals surface area contributed by atoms with Gasteiger partial charge in [0.2, 0.25) is 0 Å². The topological polar surface area (TPSA) is 23.8 Å². The van der Waals surface area contributed by atoms with Crippen molar-refractivity contribution in [3.8, 4) is 6.07 Å². The lowest BCUT2D eigenvalue weighted by Gasteiger charge is -2.22. The molecule has 1 nitrogen and oxygen atoms in total. The zero-order valence-electron chi connectivity index (χ0n) is 10.9. The monoisotopic (exact) mass is 301 g/mol. The zero-order chi connectivity index (χ0) is 14.2. The van der Waals surface area contributed by atoms with Crippen LogP contribution in [-0.2, 0) is 18.3 Å². The summed E-state index contributed by atoms with van der Waals surface area (Å²) in [5.74, 6) is 0. The van der Waals surface area contributed by atoms with Gasteiger partial charge in [0.05, 0.1) is 21.5 Å². The first kappa shape index (κ1) is 13.5. The summed E-state index contributed by atoms with van der Waals surface area (Å²) in [7, 11) is 0. The predicted molar refractivity (Wildman–Crippen MR) is 82.2 cm³/mol. The highest BCUT2D eigenvalue weighted by Crippen LogP contribution is 2.41. The first-order chi connectivity index (χ1) is 9.64. The summed E-state index contributed by atoms with van der Waals surface area (Å²) in [6, 6.07) is 16.4. The fourth-order valence-corrected chi connectivity index (χ4v) is 3.35. The van der Waals surface area contributed by atoms with E-state index in [1.165, 1.54) is 5.56 Å². The van der Waals surface area contributed by atoms with E-state index in [2.05, 4.69) is 18.2 Å². The average molecular weight is 302 g/mol. The van der Waals surface area contributed by atoms with Gasteiger partial charge in [-0.25, -0.2) is 0 Å². The van der Waals surface area contributed by atoms with E-state index in [9.17, 15) is 5.26 Å². The van der Waals surface area contributed by atoms with Crippen LogP contribution in [0.15, 0.2) is 42.5 Å². The number of rotatable bonds is 2. The minimum Gasteiger partial charge on any atom is -0.197 e. The third kappa shape index (κ3) is 2.20. The number of fused-ring (bicyclic) bond motifs is 1. The lowest BCUT2D eigenvalue weighted by atomic mass is 9.78. The van der Waals surface area contributed by atoms with Crippen molar-refractivity contribution in [2.24, 2.45) is 0 Å². The third-order valence-electron chi connectivity index (χ3n) is 4.06. The van der Waals surface area contributed by atoms with E-state index in [-0.39, 0.29) is 0 Å². The first-order valence-electron chi connectivity index (χ1n) is 6.58. The quantitative estimate of drug-likeness (QED) is 0.770. The molecule has 20 heavy (non-hydrogen) atoms. The molecule has 0 saturated carbocycles. The lowest BCUT2D eigenvalue weighted by Crippen LogP contribution is -2.23. The minimum absolute atomic E-state index is 0.437. The van der Waals surface area contributed by atoms with Gasteiger partial charge < -0.3 is 0 Å². The fraction of sp³-hybridized carbons (Fsp3) is 0.235. The Labute approximate surface area is 128 Å². The van der Waals surface area contributed by atoms with Gasteiger partial charge >= 0.3 is 0 Å². The summed E-state index contributed by atoms with van der Waals surface area (Å²) in [4.78, 5) is 0. The molecule has 2 aromatic rings. The van der Waals surface area contributed by atoms with Gasteiger partial charge in [-0.15, -0.1) is 0 Å². The van der Waals surface area contributed by atoms with Crippen LogP contribution >= 0.6 is 23.2 Å². The van der Waals surface area contributed by atoms with E-state index in [1.807, 2.05) is 24.3 Å². The number of halogens is 2. The van der Waals surface area contributed by atoms with Crippen LogP contribution in [0.3, 0.4) is 0 Å². The molecule has 1 aliphatic carbocycles. The highest BCUT2D eigenvalue weighted by atomic mass is 35.5. The maximum absolute atomic E-state index is 9.74. The normalized spacial score (nSPS) is 20.4. The van der Waals surface area contributed by atoms with E-state index in [4.69, 9.17) is 23.2 Å². The molecule has 0 heterocycles. The van der Waals surface area contributed by atoms with Crippen molar-refractivity contribution >= 4 is 23.2 Å². The molecule has 3 rings (SSSR count). The van der Waals surface area contributed by atoms with Gasteiger partial charge in [0, 0.05) is 0 Å². The number of aryl methyl sites for hydroxylation is 1. The van der Waals surface area contributed by atoms with E-state index in [0.717, 1.165) is 24.0 Å². The Hall–Kier alpha value is -1.49. The van der Waals surface area contributed by atoms with Crippen LogP contribution in [0.5, 0.6) is 0 Å². The standard InChI is InChI=1S/C17H13Cl2N/c18-15-6-5-12(9-16(15)19)10-17(11-20)8-7-13-3-1-2-4-14(13)17/h1-6,9H,7-8,10H2. The molecule has 2 aromatic carbocycles. The molecule has 0 fully saturated rings. The van der Waals surface area contributed by atoms with E-state index in [1.54, 1.807) is 6.07 Å². The summed E-state index contributed by atoms with van der Waals surface area (Å²) in [6.45, 7) is 0. The van der Waals surface area contributed by atoms with Crippen molar-refractivity contribution in [1.29, 1.82) is 5.26 Å². The number of benzene rings is 2. The Bertz CT molecular complexity index is 702. The highest BCUT2D eigenvalue weighted by Gasteiger charge is 2.38. The summed E-state index contributed by atoms with van der Waals surface area (Å²) < 4.78 is 0. The van der Waals surface area contributed by atoms with Crippen molar-refractivity contribution in [1.82, 2.24) is 0 Å². The van der Waals surface area contributed by atoms with Gasteiger partial charge in [-0.2, -0.15) is 5.26 Å². The largest absolute Gasteiger partial charge is 0.197 e. The summed E-state index contributed by atoms with van der Waals surface area (Å²) >= 11 is 12.0. The van der Waals surface area contributed by atoms with Crippen molar-refractivity contribution < 1.29 is 0 Å².